The zero-order chi connectivity index (χ0) is 8.55. The van der Waals surface area contributed by atoms with Gasteiger partial charge in [0.05, 0.1) is 7.11 Å². The van der Waals surface area contributed by atoms with Crippen LogP contribution in [0.5, 0.6) is 0 Å². The van der Waals surface area contributed by atoms with Crippen molar-refractivity contribution in [3.8, 4) is 0 Å². The van der Waals surface area contributed by atoms with Crippen LogP contribution < -0.4 is 5.32 Å². The number of amides is 1. The molecule has 0 saturated carbocycles. The normalized spacial score (nSPS) is 33.6. The van der Waals surface area contributed by atoms with Gasteiger partial charge in [-0.15, -0.1) is 0 Å². The summed E-state index contributed by atoms with van der Waals surface area (Å²) in [6.07, 6.45) is 0.966. The van der Waals surface area contributed by atoms with E-state index in [9.17, 15) is 4.79 Å². The minimum atomic E-state index is -0.175. The highest BCUT2D eigenvalue weighted by molar-refractivity contribution is 5.68. The van der Waals surface area contributed by atoms with Gasteiger partial charge in [-0.2, -0.15) is 0 Å². The minimum Gasteiger partial charge on any atom is -0.453 e. The van der Waals surface area contributed by atoms with Gasteiger partial charge in [0.15, 0.2) is 0 Å². The molecule has 0 radical (unpaired) electrons. The average molecular weight is 170 g/mol. The Morgan fingerprint density at radius 3 is 3.08 bits per heavy atom. The molecular weight excluding hydrogens is 156 g/mol. The summed E-state index contributed by atoms with van der Waals surface area (Å²) in [6, 6.07) is 0.371. The Morgan fingerprint density at radius 2 is 2.42 bits per heavy atom. The van der Waals surface area contributed by atoms with Crippen LogP contribution in [0.2, 0.25) is 0 Å². The van der Waals surface area contributed by atoms with E-state index in [1.165, 1.54) is 7.11 Å². The summed E-state index contributed by atoms with van der Waals surface area (Å²) in [5.41, 5.74) is 0. The Balaban J connectivity index is 2.04. The molecule has 68 valence electrons. The SMILES string of the molecule is COC(=O)N1C[C@H]2CNC[C@@H]1C2. The van der Waals surface area contributed by atoms with E-state index in [2.05, 4.69) is 5.32 Å². The topological polar surface area (TPSA) is 41.6 Å². The van der Waals surface area contributed by atoms with E-state index in [4.69, 9.17) is 4.74 Å². The number of carbonyl (C=O) groups is 1. The van der Waals surface area contributed by atoms with Crippen LogP contribution >= 0.6 is 0 Å². The number of ether oxygens (including phenoxy) is 1. The standard InChI is InChI=1S/C8H14N2O2/c1-12-8(11)10-5-6-2-7(10)4-9-3-6/h6-7,9H,2-5H2,1H3/t6-,7+/m1/s1. The third-order valence-corrected chi connectivity index (χ3v) is 2.72. The molecule has 12 heavy (non-hydrogen) atoms. The summed E-state index contributed by atoms with van der Waals surface area (Å²) >= 11 is 0. The van der Waals surface area contributed by atoms with Crippen LogP contribution in [0, 0.1) is 5.92 Å². The molecule has 2 heterocycles. The molecule has 2 aliphatic rings. The van der Waals surface area contributed by atoms with Crippen molar-refractivity contribution in [2.24, 2.45) is 5.92 Å². The van der Waals surface area contributed by atoms with Gasteiger partial charge in [0.25, 0.3) is 0 Å². The maximum absolute atomic E-state index is 11.2. The maximum Gasteiger partial charge on any atom is 0.409 e. The lowest BCUT2D eigenvalue weighted by molar-refractivity contribution is 0.120. The predicted molar refractivity (Wildman–Crippen MR) is 43.9 cm³/mol. The zero-order valence-electron chi connectivity index (χ0n) is 7.25. The second-order valence-corrected chi connectivity index (χ2v) is 3.54. The largest absolute Gasteiger partial charge is 0.453 e. The summed E-state index contributed by atoms with van der Waals surface area (Å²) in [7, 11) is 1.44. The van der Waals surface area contributed by atoms with Gasteiger partial charge in [-0.1, -0.05) is 0 Å². The Kier molecular flexibility index (Phi) is 1.92. The van der Waals surface area contributed by atoms with E-state index in [1.54, 1.807) is 0 Å². The van der Waals surface area contributed by atoms with E-state index in [0.29, 0.717) is 12.0 Å². The number of fused-ring (bicyclic) bond motifs is 2. The van der Waals surface area contributed by atoms with Gasteiger partial charge >= 0.3 is 6.09 Å². The summed E-state index contributed by atoms with van der Waals surface area (Å²) in [4.78, 5) is 13.1. The monoisotopic (exact) mass is 170 g/mol. The van der Waals surface area contributed by atoms with Gasteiger partial charge in [0.2, 0.25) is 0 Å². The molecule has 2 saturated heterocycles. The molecule has 2 aliphatic heterocycles. The van der Waals surface area contributed by atoms with Crippen molar-refractivity contribution in [3.05, 3.63) is 0 Å². The van der Waals surface area contributed by atoms with E-state index in [-0.39, 0.29) is 6.09 Å². The first-order valence-corrected chi connectivity index (χ1v) is 4.36. The molecule has 1 N–H and O–H groups in total. The Hall–Kier alpha value is -0.770. The summed E-state index contributed by atoms with van der Waals surface area (Å²) in [5.74, 6) is 0.642. The lowest BCUT2D eigenvalue weighted by Crippen LogP contribution is -2.41. The van der Waals surface area contributed by atoms with Crippen molar-refractivity contribution in [3.63, 3.8) is 0 Å². The number of likely N-dealkylation sites (tertiary alicyclic amines) is 1. The molecule has 4 nitrogen and oxygen atoms in total. The van der Waals surface area contributed by atoms with Crippen LogP contribution in [-0.2, 0) is 4.74 Å². The second kappa shape index (κ2) is 2.94. The molecular formula is C8H14N2O2. The third kappa shape index (κ3) is 1.16. The molecule has 2 rings (SSSR count). The average Bonchev–Trinajstić information content (AvgIpc) is 2.40. The van der Waals surface area contributed by atoms with Crippen molar-refractivity contribution < 1.29 is 9.53 Å². The molecule has 2 fully saturated rings. The van der Waals surface area contributed by atoms with E-state index in [0.717, 1.165) is 26.1 Å². The van der Waals surface area contributed by atoms with Crippen LogP contribution in [0.25, 0.3) is 0 Å². The number of nitrogens with one attached hydrogen (secondary N) is 1. The first-order chi connectivity index (χ1) is 5.81. The lowest BCUT2D eigenvalue weighted by atomic mass is 10.0. The van der Waals surface area contributed by atoms with Crippen LogP contribution in [-0.4, -0.2) is 43.8 Å². The van der Waals surface area contributed by atoms with Crippen molar-refractivity contribution in [2.75, 3.05) is 26.7 Å². The van der Waals surface area contributed by atoms with Crippen molar-refractivity contribution in [1.82, 2.24) is 10.2 Å². The summed E-state index contributed by atoms with van der Waals surface area (Å²) in [5, 5.41) is 3.31. The Labute approximate surface area is 71.9 Å². The number of nitrogens with zero attached hydrogens (tertiary/aromatic N) is 1. The quantitative estimate of drug-likeness (QED) is 0.558. The molecule has 0 aliphatic carbocycles. The third-order valence-electron chi connectivity index (χ3n) is 2.72. The fraction of sp³-hybridized carbons (Fsp3) is 0.875. The van der Waals surface area contributed by atoms with Gasteiger partial charge in [-0.25, -0.2) is 4.79 Å². The molecule has 0 aromatic heterocycles. The molecule has 0 spiro atoms. The van der Waals surface area contributed by atoms with Crippen molar-refractivity contribution in [2.45, 2.75) is 12.5 Å². The number of hydrogen-bond acceptors (Lipinski definition) is 3. The summed E-state index contributed by atoms with van der Waals surface area (Å²) in [6.45, 7) is 2.83. The molecule has 1 amide bonds. The van der Waals surface area contributed by atoms with E-state index < -0.39 is 0 Å². The van der Waals surface area contributed by atoms with Crippen LogP contribution in [0.15, 0.2) is 0 Å². The van der Waals surface area contributed by atoms with Crippen molar-refractivity contribution in [1.29, 1.82) is 0 Å². The predicted octanol–water partition coefficient (Wildman–Crippen LogP) is 0.0465. The molecule has 4 heteroatoms. The lowest BCUT2D eigenvalue weighted by Gasteiger charge is -2.23. The smallest absolute Gasteiger partial charge is 0.409 e. The van der Waals surface area contributed by atoms with Gasteiger partial charge in [0.1, 0.15) is 0 Å². The van der Waals surface area contributed by atoms with Gasteiger partial charge in [-0.3, -0.25) is 0 Å². The Bertz CT molecular complexity index is 195. The number of hydrogen-bond donors (Lipinski definition) is 1. The van der Waals surface area contributed by atoms with Crippen LogP contribution in [0.3, 0.4) is 0 Å². The Morgan fingerprint density at radius 1 is 1.58 bits per heavy atom. The van der Waals surface area contributed by atoms with Crippen molar-refractivity contribution >= 4 is 6.09 Å². The molecule has 0 unspecified atom stereocenters. The highest BCUT2D eigenvalue weighted by Crippen LogP contribution is 2.25. The highest BCUT2D eigenvalue weighted by atomic mass is 16.5. The first-order valence-electron chi connectivity index (χ1n) is 4.36. The highest BCUT2D eigenvalue weighted by Gasteiger charge is 2.38. The number of rotatable bonds is 0. The number of carbonyl (C=O) groups excluding carboxylic acids is 1. The van der Waals surface area contributed by atoms with Gasteiger partial charge < -0.3 is 15.0 Å². The minimum absolute atomic E-state index is 0.175. The van der Waals surface area contributed by atoms with Gasteiger partial charge in [0, 0.05) is 19.1 Å². The first kappa shape index (κ1) is 7.86. The number of piperidine rings is 1. The fourth-order valence-electron chi connectivity index (χ4n) is 2.15. The van der Waals surface area contributed by atoms with Crippen LogP contribution in [0.1, 0.15) is 6.42 Å². The van der Waals surface area contributed by atoms with Crippen LogP contribution in [0.4, 0.5) is 4.79 Å². The fourth-order valence-corrected chi connectivity index (χ4v) is 2.15. The zero-order valence-corrected chi connectivity index (χ0v) is 7.25. The number of methoxy groups -OCH3 is 1. The van der Waals surface area contributed by atoms with Gasteiger partial charge in [-0.05, 0) is 18.9 Å². The second-order valence-electron chi connectivity index (χ2n) is 3.54. The van der Waals surface area contributed by atoms with E-state index in [1.807, 2.05) is 4.90 Å². The molecule has 2 bridgehead atoms. The molecule has 0 aromatic carbocycles. The molecule has 2 atom stereocenters. The molecule has 0 aromatic rings. The van der Waals surface area contributed by atoms with E-state index >= 15 is 0 Å². The summed E-state index contributed by atoms with van der Waals surface area (Å²) < 4.78 is 4.70. The maximum atomic E-state index is 11.2.